The summed E-state index contributed by atoms with van der Waals surface area (Å²) in [5.41, 5.74) is 1.09. The highest BCUT2D eigenvalue weighted by atomic mass is 16.2. The van der Waals surface area contributed by atoms with Crippen LogP contribution in [0.1, 0.15) is 31.4 Å². The van der Waals surface area contributed by atoms with Gasteiger partial charge in [-0.1, -0.05) is 0 Å². The zero-order chi connectivity index (χ0) is 15.1. The van der Waals surface area contributed by atoms with E-state index >= 15 is 0 Å². The topological polar surface area (TPSA) is 64.3 Å². The van der Waals surface area contributed by atoms with E-state index in [-0.39, 0.29) is 11.9 Å². The second kappa shape index (κ2) is 5.57. The minimum Gasteiger partial charge on any atom is -0.355 e. The van der Waals surface area contributed by atoms with E-state index in [9.17, 15) is 4.79 Å². The van der Waals surface area contributed by atoms with E-state index in [4.69, 9.17) is 0 Å². The molecule has 0 aliphatic carbocycles. The number of carbonyl (C=O) groups excluding carboxylic acids is 1. The van der Waals surface area contributed by atoms with E-state index < -0.39 is 0 Å². The van der Waals surface area contributed by atoms with Crippen molar-refractivity contribution in [1.29, 1.82) is 0 Å². The van der Waals surface area contributed by atoms with Gasteiger partial charge < -0.3 is 10.2 Å². The lowest BCUT2D eigenvalue weighted by Gasteiger charge is -2.33. The number of aromatic nitrogens is 2. The molecule has 6 heteroatoms. The molecular weight excluding hydrogens is 278 g/mol. The standard InChI is InChI=1S/C16H25N5O/c1-11-10-14(19-18-11)20-8-4-13(5-9-20)17-16(22)15-12-2-6-21(15)7-3-12/h10,12-13,15H,2-9H2,1H3,(H,17,22)(H,18,19). The molecule has 3 aliphatic heterocycles. The summed E-state index contributed by atoms with van der Waals surface area (Å²) >= 11 is 0. The van der Waals surface area contributed by atoms with Crippen LogP contribution in [0.15, 0.2) is 6.07 Å². The molecule has 0 saturated carbocycles. The minimum atomic E-state index is 0.159. The van der Waals surface area contributed by atoms with Gasteiger partial charge in [0.2, 0.25) is 5.91 Å². The summed E-state index contributed by atoms with van der Waals surface area (Å²) in [5, 5.41) is 10.6. The SMILES string of the molecule is Cc1cc(N2CCC(NC(=O)C3C4CCN3CC4)CC2)n[nH]1. The number of rotatable bonds is 3. The first-order valence-corrected chi connectivity index (χ1v) is 8.52. The van der Waals surface area contributed by atoms with Crippen LogP contribution in [0.2, 0.25) is 0 Å². The Morgan fingerprint density at radius 2 is 1.95 bits per heavy atom. The minimum absolute atomic E-state index is 0.159. The maximum absolute atomic E-state index is 12.5. The Morgan fingerprint density at radius 1 is 1.23 bits per heavy atom. The second-order valence-electron chi connectivity index (χ2n) is 7.00. The van der Waals surface area contributed by atoms with Crippen molar-refractivity contribution in [3.63, 3.8) is 0 Å². The molecule has 1 unspecified atom stereocenters. The first-order chi connectivity index (χ1) is 10.7. The molecule has 3 aliphatic rings. The number of fused-ring (bicyclic) bond motifs is 2. The van der Waals surface area contributed by atoms with Crippen LogP contribution in [-0.4, -0.2) is 59.3 Å². The average molecular weight is 303 g/mol. The summed E-state index contributed by atoms with van der Waals surface area (Å²) in [4.78, 5) is 17.2. The zero-order valence-corrected chi connectivity index (χ0v) is 13.2. The monoisotopic (exact) mass is 303 g/mol. The van der Waals surface area contributed by atoms with Crippen molar-refractivity contribution in [2.75, 3.05) is 31.1 Å². The van der Waals surface area contributed by atoms with Crippen LogP contribution in [0.25, 0.3) is 0 Å². The fourth-order valence-corrected chi connectivity index (χ4v) is 4.30. The highest BCUT2D eigenvalue weighted by Gasteiger charge is 2.44. The Morgan fingerprint density at radius 3 is 2.50 bits per heavy atom. The fourth-order valence-electron chi connectivity index (χ4n) is 4.30. The number of piperidine rings is 2. The fraction of sp³-hybridized carbons (Fsp3) is 0.750. The lowest BCUT2D eigenvalue weighted by Crippen LogP contribution is -2.50. The molecule has 1 amide bonds. The summed E-state index contributed by atoms with van der Waals surface area (Å²) in [6, 6.07) is 2.57. The number of aromatic amines is 1. The third-order valence-corrected chi connectivity index (χ3v) is 5.54. The predicted octanol–water partition coefficient (Wildman–Crippen LogP) is 0.897. The van der Waals surface area contributed by atoms with Crippen molar-refractivity contribution in [2.24, 2.45) is 5.92 Å². The van der Waals surface area contributed by atoms with E-state index in [1.807, 2.05) is 6.92 Å². The van der Waals surface area contributed by atoms with Gasteiger partial charge in [0.1, 0.15) is 0 Å². The molecule has 6 nitrogen and oxygen atoms in total. The van der Waals surface area contributed by atoms with Crippen molar-refractivity contribution in [1.82, 2.24) is 20.4 Å². The molecule has 22 heavy (non-hydrogen) atoms. The number of amides is 1. The number of carbonyl (C=O) groups is 1. The Labute approximate surface area is 131 Å². The van der Waals surface area contributed by atoms with Crippen molar-refractivity contribution < 1.29 is 4.79 Å². The van der Waals surface area contributed by atoms with Crippen LogP contribution >= 0.6 is 0 Å². The third kappa shape index (κ3) is 2.49. The van der Waals surface area contributed by atoms with E-state index in [1.165, 1.54) is 12.8 Å². The summed E-state index contributed by atoms with van der Waals surface area (Å²) in [6.07, 6.45) is 4.42. The molecule has 120 valence electrons. The number of hydrogen-bond donors (Lipinski definition) is 2. The zero-order valence-electron chi connectivity index (χ0n) is 13.2. The molecule has 0 spiro atoms. The van der Waals surface area contributed by atoms with Crippen LogP contribution in [0.4, 0.5) is 5.82 Å². The Hall–Kier alpha value is -1.56. The van der Waals surface area contributed by atoms with Crippen molar-refractivity contribution in [2.45, 2.75) is 44.7 Å². The average Bonchev–Trinajstić information content (AvgIpc) is 3.23. The molecule has 2 bridgehead atoms. The summed E-state index contributed by atoms with van der Waals surface area (Å²) in [6.45, 7) is 6.17. The molecular formula is C16H25N5O. The number of aryl methyl sites for hydroxylation is 1. The smallest absolute Gasteiger partial charge is 0.237 e. The maximum atomic E-state index is 12.5. The summed E-state index contributed by atoms with van der Waals surface area (Å²) < 4.78 is 0. The molecule has 4 heterocycles. The number of nitrogens with zero attached hydrogens (tertiary/aromatic N) is 3. The van der Waals surface area contributed by atoms with Crippen LogP contribution in [0, 0.1) is 12.8 Å². The Balaban J connectivity index is 1.30. The van der Waals surface area contributed by atoms with E-state index in [0.717, 1.165) is 50.5 Å². The molecule has 4 rings (SSSR count). The highest BCUT2D eigenvalue weighted by Crippen LogP contribution is 2.34. The van der Waals surface area contributed by atoms with Gasteiger partial charge in [0.25, 0.3) is 0 Å². The molecule has 0 radical (unpaired) electrons. The van der Waals surface area contributed by atoms with E-state index in [2.05, 4.69) is 31.4 Å². The van der Waals surface area contributed by atoms with Gasteiger partial charge in [-0.05, 0) is 51.6 Å². The van der Waals surface area contributed by atoms with Gasteiger partial charge in [0.05, 0.1) is 6.04 Å². The van der Waals surface area contributed by atoms with Gasteiger partial charge >= 0.3 is 0 Å². The lowest BCUT2D eigenvalue weighted by molar-refractivity contribution is -0.126. The number of H-pyrrole nitrogens is 1. The van der Waals surface area contributed by atoms with Gasteiger partial charge in [-0.2, -0.15) is 5.10 Å². The maximum Gasteiger partial charge on any atom is 0.237 e. The van der Waals surface area contributed by atoms with Gasteiger partial charge in [-0.25, -0.2) is 0 Å². The lowest BCUT2D eigenvalue weighted by atomic mass is 9.98. The van der Waals surface area contributed by atoms with Crippen LogP contribution in [0.3, 0.4) is 0 Å². The summed E-state index contributed by atoms with van der Waals surface area (Å²) in [7, 11) is 0. The third-order valence-electron chi connectivity index (χ3n) is 5.54. The number of hydrogen-bond acceptors (Lipinski definition) is 4. The van der Waals surface area contributed by atoms with E-state index in [0.29, 0.717) is 12.0 Å². The molecule has 1 aromatic heterocycles. The first-order valence-electron chi connectivity index (χ1n) is 8.52. The molecule has 1 atom stereocenters. The van der Waals surface area contributed by atoms with Gasteiger partial charge in [-0.3, -0.25) is 14.8 Å². The molecule has 3 saturated heterocycles. The van der Waals surface area contributed by atoms with Crippen molar-refractivity contribution >= 4 is 11.7 Å². The number of nitrogens with one attached hydrogen (secondary N) is 2. The Bertz CT molecular complexity index is 528. The van der Waals surface area contributed by atoms with Crippen molar-refractivity contribution in [3.05, 3.63) is 11.8 Å². The van der Waals surface area contributed by atoms with E-state index in [1.54, 1.807) is 0 Å². The quantitative estimate of drug-likeness (QED) is 0.871. The second-order valence-corrected chi connectivity index (χ2v) is 7.00. The predicted molar refractivity (Wildman–Crippen MR) is 84.8 cm³/mol. The van der Waals surface area contributed by atoms with Gasteiger partial charge in [0, 0.05) is 30.9 Å². The van der Waals surface area contributed by atoms with Gasteiger partial charge in [0.15, 0.2) is 5.82 Å². The molecule has 2 N–H and O–H groups in total. The molecule has 0 aromatic carbocycles. The van der Waals surface area contributed by atoms with Crippen molar-refractivity contribution in [3.8, 4) is 0 Å². The molecule has 1 aromatic rings. The first kappa shape index (κ1) is 14.1. The van der Waals surface area contributed by atoms with Gasteiger partial charge in [-0.15, -0.1) is 0 Å². The highest BCUT2D eigenvalue weighted by molar-refractivity contribution is 5.83. The largest absolute Gasteiger partial charge is 0.355 e. The number of anilines is 1. The normalized spacial score (nSPS) is 31.7. The van der Waals surface area contributed by atoms with Crippen LogP contribution in [0.5, 0.6) is 0 Å². The van der Waals surface area contributed by atoms with Crippen LogP contribution < -0.4 is 10.2 Å². The summed E-state index contributed by atoms with van der Waals surface area (Å²) in [5.74, 6) is 1.91. The van der Waals surface area contributed by atoms with Crippen LogP contribution in [-0.2, 0) is 4.79 Å². The molecule has 3 fully saturated rings. The Kier molecular flexibility index (Phi) is 3.56.